The minimum absolute atomic E-state index is 0.0790. The maximum Gasteiger partial charge on any atom is 0.337 e. The van der Waals surface area contributed by atoms with E-state index in [9.17, 15) is 14.7 Å². The van der Waals surface area contributed by atoms with Crippen LogP contribution in [0.2, 0.25) is 0 Å². The number of carbonyl (C=O) groups is 2. The van der Waals surface area contributed by atoms with Crippen LogP contribution in [0.1, 0.15) is 68.9 Å². The van der Waals surface area contributed by atoms with Gasteiger partial charge in [0, 0.05) is 5.92 Å². The molecule has 1 atom stereocenters. The van der Waals surface area contributed by atoms with Gasteiger partial charge in [0.15, 0.2) is 0 Å². The van der Waals surface area contributed by atoms with Crippen LogP contribution in [0.15, 0.2) is 48.5 Å². The SMILES string of the molecule is CCCCCCCC[C@@](N)(C(=O)O)C(=O)OCC1c2ccccc2-c2ccccc21. The van der Waals surface area contributed by atoms with Gasteiger partial charge in [-0.3, -0.25) is 0 Å². The zero-order valence-corrected chi connectivity index (χ0v) is 17.6. The van der Waals surface area contributed by atoms with Crippen LogP contribution in [0.5, 0.6) is 0 Å². The highest BCUT2D eigenvalue weighted by Crippen LogP contribution is 2.44. The van der Waals surface area contributed by atoms with Gasteiger partial charge < -0.3 is 15.6 Å². The van der Waals surface area contributed by atoms with Crippen molar-refractivity contribution < 1.29 is 19.4 Å². The number of aliphatic carboxylic acids is 1. The summed E-state index contributed by atoms with van der Waals surface area (Å²) in [7, 11) is 0. The molecule has 0 fully saturated rings. The fraction of sp³-hybridized carbons (Fsp3) is 0.440. The molecule has 1 aliphatic rings. The number of rotatable bonds is 11. The van der Waals surface area contributed by atoms with Crippen molar-refractivity contribution in [3.63, 3.8) is 0 Å². The fourth-order valence-corrected chi connectivity index (χ4v) is 4.21. The second kappa shape index (κ2) is 9.90. The van der Waals surface area contributed by atoms with E-state index < -0.39 is 17.5 Å². The van der Waals surface area contributed by atoms with Gasteiger partial charge in [0.1, 0.15) is 6.61 Å². The molecule has 5 heteroatoms. The van der Waals surface area contributed by atoms with Crippen molar-refractivity contribution >= 4 is 11.9 Å². The van der Waals surface area contributed by atoms with Crippen molar-refractivity contribution in [1.29, 1.82) is 0 Å². The summed E-state index contributed by atoms with van der Waals surface area (Å²) in [5.41, 5.74) is 8.44. The number of benzene rings is 2. The highest BCUT2D eigenvalue weighted by atomic mass is 16.5. The summed E-state index contributed by atoms with van der Waals surface area (Å²) in [4.78, 5) is 24.5. The van der Waals surface area contributed by atoms with Crippen LogP contribution < -0.4 is 5.73 Å². The van der Waals surface area contributed by atoms with E-state index in [1.54, 1.807) is 0 Å². The molecule has 30 heavy (non-hydrogen) atoms. The first-order valence-corrected chi connectivity index (χ1v) is 10.9. The summed E-state index contributed by atoms with van der Waals surface area (Å²) in [6.45, 7) is 2.22. The largest absolute Gasteiger partial charge is 0.479 e. The van der Waals surface area contributed by atoms with E-state index in [0.29, 0.717) is 6.42 Å². The number of carboxylic acid groups (broad SMARTS) is 1. The first kappa shape index (κ1) is 22.0. The third-order valence-electron chi connectivity index (χ3n) is 6.01. The van der Waals surface area contributed by atoms with Crippen molar-refractivity contribution in [2.75, 3.05) is 6.61 Å². The van der Waals surface area contributed by atoms with Gasteiger partial charge >= 0.3 is 11.9 Å². The number of ether oxygens (including phenoxy) is 1. The summed E-state index contributed by atoms with van der Waals surface area (Å²) in [6, 6.07) is 16.1. The fourth-order valence-electron chi connectivity index (χ4n) is 4.21. The lowest BCUT2D eigenvalue weighted by atomic mass is 9.92. The van der Waals surface area contributed by atoms with Crippen molar-refractivity contribution in [2.24, 2.45) is 5.73 Å². The molecule has 5 nitrogen and oxygen atoms in total. The van der Waals surface area contributed by atoms with E-state index in [1.807, 2.05) is 36.4 Å². The molecular formula is C25H31NO4. The number of carbonyl (C=O) groups excluding carboxylic acids is 1. The first-order chi connectivity index (χ1) is 14.5. The van der Waals surface area contributed by atoms with Crippen LogP contribution in [0.25, 0.3) is 11.1 Å². The lowest BCUT2D eigenvalue weighted by Crippen LogP contribution is -2.56. The molecular weight excluding hydrogens is 378 g/mol. The summed E-state index contributed by atoms with van der Waals surface area (Å²) in [6.07, 6.45) is 6.00. The predicted molar refractivity (Wildman–Crippen MR) is 117 cm³/mol. The Hall–Kier alpha value is -2.66. The number of nitrogens with two attached hydrogens (primary N) is 1. The quantitative estimate of drug-likeness (QED) is 0.314. The van der Waals surface area contributed by atoms with E-state index in [0.717, 1.165) is 47.9 Å². The minimum atomic E-state index is -2.00. The minimum Gasteiger partial charge on any atom is -0.479 e. The van der Waals surface area contributed by atoms with Crippen molar-refractivity contribution in [3.8, 4) is 11.1 Å². The Labute approximate surface area is 178 Å². The third kappa shape index (κ3) is 4.57. The van der Waals surface area contributed by atoms with E-state index in [-0.39, 0.29) is 18.9 Å². The Morgan fingerprint density at radius 3 is 2.03 bits per heavy atom. The van der Waals surface area contributed by atoms with Crippen LogP contribution in [-0.2, 0) is 14.3 Å². The Morgan fingerprint density at radius 2 is 1.47 bits per heavy atom. The maximum absolute atomic E-state index is 12.7. The van der Waals surface area contributed by atoms with Gasteiger partial charge in [-0.2, -0.15) is 0 Å². The average Bonchev–Trinajstić information content (AvgIpc) is 3.08. The number of hydrogen-bond donors (Lipinski definition) is 2. The molecule has 1 aliphatic carbocycles. The molecule has 0 bridgehead atoms. The molecule has 0 aliphatic heterocycles. The molecule has 0 aromatic heterocycles. The second-order valence-corrected chi connectivity index (χ2v) is 8.12. The second-order valence-electron chi connectivity index (χ2n) is 8.12. The Balaban J connectivity index is 1.65. The molecule has 0 radical (unpaired) electrons. The molecule has 160 valence electrons. The van der Waals surface area contributed by atoms with Crippen LogP contribution >= 0.6 is 0 Å². The van der Waals surface area contributed by atoms with Crippen molar-refractivity contribution in [2.45, 2.75) is 63.3 Å². The normalized spacial score (nSPS) is 14.6. The van der Waals surface area contributed by atoms with Crippen LogP contribution in [0, 0.1) is 0 Å². The van der Waals surface area contributed by atoms with E-state index in [4.69, 9.17) is 10.5 Å². The predicted octanol–water partition coefficient (Wildman–Crippen LogP) is 4.87. The highest BCUT2D eigenvalue weighted by molar-refractivity contribution is 6.03. The summed E-state index contributed by atoms with van der Waals surface area (Å²) < 4.78 is 5.52. The Bertz CT molecular complexity index is 849. The smallest absolute Gasteiger partial charge is 0.337 e. The summed E-state index contributed by atoms with van der Waals surface area (Å²) in [5.74, 6) is -2.30. The number of unbranched alkanes of at least 4 members (excludes halogenated alkanes) is 5. The van der Waals surface area contributed by atoms with Crippen molar-refractivity contribution in [3.05, 3.63) is 59.7 Å². The topological polar surface area (TPSA) is 89.6 Å². The maximum atomic E-state index is 12.7. The zero-order chi connectivity index (χ0) is 21.6. The number of carboxylic acids is 1. The van der Waals surface area contributed by atoms with Gasteiger partial charge in [-0.15, -0.1) is 0 Å². The zero-order valence-electron chi connectivity index (χ0n) is 17.6. The Morgan fingerprint density at radius 1 is 0.933 bits per heavy atom. The number of fused-ring (bicyclic) bond motifs is 3. The molecule has 0 amide bonds. The van der Waals surface area contributed by atoms with Gasteiger partial charge in [0.25, 0.3) is 0 Å². The summed E-state index contributed by atoms with van der Waals surface area (Å²) >= 11 is 0. The number of hydrogen-bond acceptors (Lipinski definition) is 4. The number of esters is 1. The van der Waals surface area contributed by atoms with Gasteiger partial charge in [-0.25, -0.2) is 9.59 Å². The molecule has 0 heterocycles. The molecule has 0 saturated carbocycles. The van der Waals surface area contributed by atoms with Gasteiger partial charge in [-0.1, -0.05) is 94.0 Å². The molecule has 3 N–H and O–H groups in total. The van der Waals surface area contributed by atoms with Gasteiger partial charge in [-0.05, 0) is 28.7 Å². The molecule has 0 spiro atoms. The highest BCUT2D eigenvalue weighted by Gasteiger charge is 2.44. The first-order valence-electron chi connectivity index (χ1n) is 10.9. The van der Waals surface area contributed by atoms with Crippen LogP contribution in [-0.4, -0.2) is 29.2 Å². The van der Waals surface area contributed by atoms with Gasteiger partial charge in [0.05, 0.1) is 0 Å². The van der Waals surface area contributed by atoms with Crippen LogP contribution in [0.3, 0.4) is 0 Å². The average molecular weight is 410 g/mol. The lowest BCUT2D eigenvalue weighted by Gasteiger charge is -2.24. The Kier molecular flexibility index (Phi) is 7.27. The molecule has 3 rings (SSSR count). The van der Waals surface area contributed by atoms with E-state index >= 15 is 0 Å². The van der Waals surface area contributed by atoms with E-state index in [1.165, 1.54) is 6.42 Å². The van der Waals surface area contributed by atoms with Crippen LogP contribution in [0.4, 0.5) is 0 Å². The monoisotopic (exact) mass is 409 g/mol. The molecule has 0 unspecified atom stereocenters. The molecule has 0 saturated heterocycles. The molecule has 2 aromatic carbocycles. The van der Waals surface area contributed by atoms with E-state index in [2.05, 4.69) is 19.1 Å². The summed E-state index contributed by atoms with van der Waals surface area (Å²) in [5, 5.41) is 9.63. The van der Waals surface area contributed by atoms with Gasteiger partial charge in [0.2, 0.25) is 5.54 Å². The lowest BCUT2D eigenvalue weighted by molar-refractivity contribution is -0.161. The third-order valence-corrected chi connectivity index (χ3v) is 6.01. The molecule has 2 aromatic rings. The standard InChI is InChI=1S/C25H31NO4/c1-2-3-4-5-6-11-16-25(26,23(27)28)24(29)30-17-22-20-14-9-7-12-18(20)19-13-8-10-15-21(19)22/h7-10,12-15,22H,2-6,11,16-17,26H2,1H3,(H,27,28)/t25-/m1/s1. The van der Waals surface area contributed by atoms with Crippen molar-refractivity contribution in [1.82, 2.24) is 0 Å².